The number of hydrogen-bond acceptors (Lipinski definition) is 3. The van der Waals surface area contributed by atoms with Crippen LogP contribution in [0.15, 0.2) is 18.2 Å². The van der Waals surface area contributed by atoms with E-state index in [0.29, 0.717) is 5.56 Å². The molecule has 0 unspecified atom stereocenters. The Morgan fingerprint density at radius 1 is 1.50 bits per heavy atom. The molecule has 1 fully saturated rings. The lowest BCUT2D eigenvalue weighted by Gasteiger charge is -2.32. The Kier molecular flexibility index (Phi) is 1.87. The number of carbonyl (C=O) groups excluding carboxylic acids is 1. The number of carbonyl (C=O) groups is 1. The average molecular weight is 213 g/mol. The Balaban J connectivity index is 2.12. The molecule has 1 aromatic carbocycles. The predicted octanol–water partition coefficient (Wildman–Crippen LogP) is 1.48. The molecule has 1 saturated heterocycles. The van der Waals surface area contributed by atoms with Crippen molar-refractivity contribution >= 4 is 17.3 Å². The summed E-state index contributed by atoms with van der Waals surface area (Å²) in [5, 5.41) is 11.8. The van der Waals surface area contributed by atoms with Gasteiger partial charge in [-0.2, -0.15) is 5.26 Å². The van der Waals surface area contributed by atoms with Crippen LogP contribution in [-0.2, 0) is 4.79 Å². The number of fused-ring (bicyclic) bond motifs is 3. The largest absolute Gasteiger partial charge is 0.358 e. The Morgan fingerprint density at radius 2 is 2.38 bits per heavy atom. The number of anilines is 2. The smallest absolute Gasteiger partial charge is 0.247 e. The third-order valence-electron chi connectivity index (χ3n) is 3.25. The van der Waals surface area contributed by atoms with E-state index >= 15 is 0 Å². The quantitative estimate of drug-likeness (QED) is 0.710. The average Bonchev–Trinajstić information content (AvgIpc) is 2.78. The van der Waals surface area contributed by atoms with Crippen LogP contribution in [0, 0.1) is 11.3 Å². The van der Waals surface area contributed by atoms with Crippen molar-refractivity contribution < 1.29 is 4.79 Å². The van der Waals surface area contributed by atoms with E-state index in [-0.39, 0.29) is 11.9 Å². The molecule has 0 aliphatic carbocycles. The highest BCUT2D eigenvalue weighted by Crippen LogP contribution is 2.36. The SMILES string of the molecule is N#Cc1ccc2c(c1)N1CCC[C@H]1C(=O)N2. The van der Waals surface area contributed by atoms with Crippen molar-refractivity contribution in [2.24, 2.45) is 0 Å². The molecule has 0 aromatic heterocycles. The molecule has 0 radical (unpaired) electrons. The minimum atomic E-state index is -0.0403. The molecule has 2 heterocycles. The third-order valence-corrected chi connectivity index (χ3v) is 3.25. The molecule has 2 aliphatic heterocycles. The number of nitriles is 1. The molecule has 0 saturated carbocycles. The summed E-state index contributed by atoms with van der Waals surface area (Å²) in [7, 11) is 0. The summed E-state index contributed by atoms with van der Waals surface area (Å²) in [5.41, 5.74) is 2.45. The van der Waals surface area contributed by atoms with Gasteiger partial charge in [-0.15, -0.1) is 0 Å². The van der Waals surface area contributed by atoms with Crippen LogP contribution in [0.1, 0.15) is 18.4 Å². The van der Waals surface area contributed by atoms with Gasteiger partial charge in [0.05, 0.1) is 23.0 Å². The maximum absolute atomic E-state index is 11.8. The van der Waals surface area contributed by atoms with Crippen LogP contribution in [0.2, 0.25) is 0 Å². The number of nitrogens with one attached hydrogen (secondary N) is 1. The first kappa shape index (κ1) is 9.22. The van der Waals surface area contributed by atoms with Crippen molar-refractivity contribution in [2.75, 3.05) is 16.8 Å². The van der Waals surface area contributed by atoms with Crippen molar-refractivity contribution in [2.45, 2.75) is 18.9 Å². The summed E-state index contributed by atoms with van der Waals surface area (Å²) < 4.78 is 0. The van der Waals surface area contributed by atoms with Gasteiger partial charge >= 0.3 is 0 Å². The number of hydrogen-bond donors (Lipinski definition) is 1. The van der Waals surface area contributed by atoms with Gasteiger partial charge in [0.15, 0.2) is 0 Å². The van der Waals surface area contributed by atoms with Crippen LogP contribution in [0.5, 0.6) is 0 Å². The van der Waals surface area contributed by atoms with Crippen LogP contribution >= 0.6 is 0 Å². The summed E-state index contributed by atoms with van der Waals surface area (Å²) in [4.78, 5) is 13.9. The van der Waals surface area contributed by atoms with Crippen molar-refractivity contribution in [3.8, 4) is 6.07 Å². The van der Waals surface area contributed by atoms with E-state index in [1.54, 1.807) is 12.1 Å². The molecule has 1 aromatic rings. The molecular formula is C12H11N3O. The zero-order valence-corrected chi connectivity index (χ0v) is 8.73. The molecule has 2 aliphatic rings. The first-order valence-corrected chi connectivity index (χ1v) is 5.41. The first-order chi connectivity index (χ1) is 7.79. The maximum Gasteiger partial charge on any atom is 0.247 e. The fraction of sp³-hybridized carbons (Fsp3) is 0.333. The van der Waals surface area contributed by atoms with Crippen LogP contribution in [-0.4, -0.2) is 18.5 Å². The molecule has 16 heavy (non-hydrogen) atoms. The highest BCUT2D eigenvalue weighted by atomic mass is 16.2. The highest BCUT2D eigenvalue weighted by Gasteiger charge is 2.36. The Labute approximate surface area is 93.5 Å². The first-order valence-electron chi connectivity index (χ1n) is 5.41. The third kappa shape index (κ3) is 1.18. The molecule has 80 valence electrons. The minimum Gasteiger partial charge on any atom is -0.358 e. The van der Waals surface area contributed by atoms with Crippen LogP contribution in [0.4, 0.5) is 11.4 Å². The summed E-state index contributed by atoms with van der Waals surface area (Å²) >= 11 is 0. The van der Waals surface area contributed by atoms with Gasteiger partial charge in [0.2, 0.25) is 5.91 Å². The standard InChI is InChI=1S/C12H11N3O/c13-7-8-3-4-9-11(6-8)15-5-1-2-10(15)12(16)14-9/h3-4,6,10H,1-2,5H2,(H,14,16)/t10-/m0/s1. The lowest BCUT2D eigenvalue weighted by Crippen LogP contribution is -2.43. The monoisotopic (exact) mass is 213 g/mol. The van der Waals surface area contributed by atoms with Crippen LogP contribution in [0.25, 0.3) is 0 Å². The van der Waals surface area contributed by atoms with Gasteiger partial charge in [-0.25, -0.2) is 0 Å². The number of benzene rings is 1. The molecule has 4 nitrogen and oxygen atoms in total. The number of nitrogens with zero attached hydrogens (tertiary/aromatic N) is 2. The zero-order valence-electron chi connectivity index (χ0n) is 8.73. The Morgan fingerprint density at radius 3 is 3.19 bits per heavy atom. The van der Waals surface area contributed by atoms with Crippen molar-refractivity contribution in [1.29, 1.82) is 5.26 Å². The lowest BCUT2D eigenvalue weighted by molar-refractivity contribution is -0.117. The fourth-order valence-electron chi connectivity index (χ4n) is 2.49. The second kappa shape index (κ2) is 3.24. The van der Waals surface area contributed by atoms with Gasteiger partial charge < -0.3 is 10.2 Å². The van der Waals surface area contributed by atoms with Crippen molar-refractivity contribution in [3.05, 3.63) is 23.8 Å². The second-order valence-corrected chi connectivity index (χ2v) is 4.18. The normalized spacial score (nSPS) is 22.1. The Hall–Kier alpha value is -2.02. The molecule has 0 bridgehead atoms. The van der Waals surface area contributed by atoms with E-state index < -0.39 is 0 Å². The van der Waals surface area contributed by atoms with Crippen molar-refractivity contribution in [3.63, 3.8) is 0 Å². The molecule has 1 amide bonds. The molecule has 3 rings (SSSR count). The van der Waals surface area contributed by atoms with E-state index in [4.69, 9.17) is 5.26 Å². The van der Waals surface area contributed by atoms with Crippen LogP contribution < -0.4 is 10.2 Å². The molecular weight excluding hydrogens is 202 g/mol. The summed E-state index contributed by atoms with van der Waals surface area (Å²) in [6, 6.07) is 7.48. The van der Waals surface area contributed by atoms with Gasteiger partial charge in [-0.1, -0.05) is 0 Å². The van der Waals surface area contributed by atoms with Crippen LogP contribution in [0.3, 0.4) is 0 Å². The predicted molar refractivity (Wildman–Crippen MR) is 60.2 cm³/mol. The van der Waals surface area contributed by atoms with E-state index in [2.05, 4.69) is 16.3 Å². The van der Waals surface area contributed by atoms with Gasteiger partial charge in [-0.3, -0.25) is 4.79 Å². The molecule has 1 N–H and O–H groups in total. The van der Waals surface area contributed by atoms with Gasteiger partial charge in [0, 0.05) is 6.54 Å². The molecule has 4 heteroatoms. The lowest BCUT2D eigenvalue weighted by atomic mass is 10.1. The van der Waals surface area contributed by atoms with Gasteiger partial charge in [0.1, 0.15) is 6.04 Å². The second-order valence-electron chi connectivity index (χ2n) is 4.18. The minimum absolute atomic E-state index is 0.0403. The van der Waals surface area contributed by atoms with E-state index in [0.717, 1.165) is 30.8 Å². The van der Waals surface area contributed by atoms with E-state index in [9.17, 15) is 4.79 Å². The maximum atomic E-state index is 11.8. The van der Waals surface area contributed by atoms with E-state index in [1.165, 1.54) is 0 Å². The topological polar surface area (TPSA) is 56.1 Å². The number of amides is 1. The fourth-order valence-corrected chi connectivity index (χ4v) is 2.49. The summed E-state index contributed by atoms with van der Waals surface area (Å²) in [6.07, 6.45) is 1.94. The van der Waals surface area contributed by atoms with E-state index in [1.807, 2.05) is 6.07 Å². The Bertz CT molecular complexity index is 503. The molecule has 1 atom stereocenters. The summed E-state index contributed by atoms with van der Waals surface area (Å²) in [5.74, 6) is 0.0784. The molecule has 0 spiro atoms. The summed E-state index contributed by atoms with van der Waals surface area (Å²) in [6.45, 7) is 0.903. The van der Waals surface area contributed by atoms with Crippen molar-refractivity contribution in [1.82, 2.24) is 0 Å². The number of rotatable bonds is 0. The zero-order chi connectivity index (χ0) is 11.1. The van der Waals surface area contributed by atoms with Gasteiger partial charge in [0.25, 0.3) is 0 Å². The van der Waals surface area contributed by atoms with Gasteiger partial charge in [-0.05, 0) is 31.0 Å². The highest BCUT2D eigenvalue weighted by molar-refractivity contribution is 6.04.